The van der Waals surface area contributed by atoms with Gasteiger partial charge in [0.05, 0.1) is 11.1 Å². The number of benzene rings is 2. The predicted molar refractivity (Wildman–Crippen MR) is 117 cm³/mol. The minimum absolute atomic E-state index is 0.0239. The highest BCUT2D eigenvalue weighted by Crippen LogP contribution is 2.28. The Balaban J connectivity index is 1.27. The van der Waals surface area contributed by atoms with E-state index in [0.29, 0.717) is 19.0 Å². The average molecular weight is 439 g/mol. The van der Waals surface area contributed by atoms with Crippen LogP contribution in [0, 0.1) is 11.7 Å². The summed E-state index contributed by atoms with van der Waals surface area (Å²) in [6.07, 6.45) is 7.34. The molecular weight excluding hydrogens is 415 g/mol. The van der Waals surface area contributed by atoms with Crippen LogP contribution in [-0.2, 0) is 16.6 Å². The van der Waals surface area contributed by atoms with Gasteiger partial charge in [-0.1, -0.05) is 12.1 Å². The number of piperidine rings is 1. The Hall–Kier alpha value is -2.97. The highest BCUT2D eigenvalue weighted by atomic mass is 32.2. The molecule has 1 aliphatic heterocycles. The molecule has 1 aliphatic rings. The van der Waals surface area contributed by atoms with Gasteiger partial charge in [0.25, 0.3) is 0 Å². The highest BCUT2D eigenvalue weighted by molar-refractivity contribution is 7.89. The lowest BCUT2D eigenvalue weighted by Gasteiger charge is -2.31. The summed E-state index contributed by atoms with van der Waals surface area (Å²) in [6, 6.07) is 13.7. The summed E-state index contributed by atoms with van der Waals surface area (Å²) in [6.45, 7) is 1.75. The largest absolute Gasteiger partial charge is 0.347 e. The number of rotatable bonds is 5. The first-order valence-electron chi connectivity index (χ1n) is 10.3. The van der Waals surface area contributed by atoms with Gasteiger partial charge in [0.15, 0.2) is 0 Å². The first-order chi connectivity index (χ1) is 15.0. The fraction of sp³-hybridized carbons (Fsp3) is 0.261. The molecule has 0 aliphatic carbocycles. The summed E-state index contributed by atoms with van der Waals surface area (Å²) >= 11 is 0. The van der Waals surface area contributed by atoms with Crippen molar-refractivity contribution >= 4 is 20.9 Å². The third-order valence-electron chi connectivity index (χ3n) is 6.06. The first-order valence-corrected chi connectivity index (χ1v) is 11.8. The standard InChI is InChI=1S/C23H23FN4O2S/c24-21-2-1-3-22(13-21)31(29,30)28-10-6-17(7-11-28)16-27-9-8-19-12-18(4-5-23(19)27)20-14-25-26-15-20/h1-5,8-9,12-15,17H,6-7,10-11,16H2,(H,25,26). The van der Waals surface area contributed by atoms with E-state index in [-0.39, 0.29) is 4.90 Å². The molecule has 0 bridgehead atoms. The van der Waals surface area contributed by atoms with Crippen molar-refractivity contribution in [3.63, 3.8) is 0 Å². The highest BCUT2D eigenvalue weighted by Gasteiger charge is 2.29. The van der Waals surface area contributed by atoms with Gasteiger partial charge in [-0.2, -0.15) is 9.40 Å². The van der Waals surface area contributed by atoms with Gasteiger partial charge in [-0.15, -0.1) is 0 Å². The smallest absolute Gasteiger partial charge is 0.243 e. The molecule has 0 spiro atoms. The quantitative estimate of drug-likeness (QED) is 0.506. The monoisotopic (exact) mass is 438 g/mol. The molecule has 0 radical (unpaired) electrons. The molecule has 0 amide bonds. The van der Waals surface area contributed by atoms with Crippen molar-refractivity contribution in [3.05, 3.63) is 72.9 Å². The average Bonchev–Trinajstić information content (AvgIpc) is 3.44. The number of halogens is 1. The SMILES string of the molecule is O=S(=O)(c1cccc(F)c1)N1CCC(Cn2ccc3cc(-c4cn[nH]c4)ccc32)CC1. The molecule has 0 atom stereocenters. The molecule has 8 heteroatoms. The molecule has 2 aromatic carbocycles. The number of nitrogens with one attached hydrogen (secondary N) is 1. The van der Waals surface area contributed by atoms with Crippen LogP contribution in [0.25, 0.3) is 22.0 Å². The molecular formula is C23H23FN4O2S. The number of hydrogen-bond donors (Lipinski definition) is 1. The maximum atomic E-state index is 13.5. The van der Waals surface area contributed by atoms with E-state index in [4.69, 9.17) is 0 Å². The Morgan fingerprint density at radius 1 is 1.06 bits per heavy atom. The zero-order valence-electron chi connectivity index (χ0n) is 16.9. The van der Waals surface area contributed by atoms with Crippen LogP contribution in [0.4, 0.5) is 4.39 Å². The maximum Gasteiger partial charge on any atom is 0.243 e. The molecule has 1 saturated heterocycles. The van der Waals surface area contributed by atoms with Gasteiger partial charge in [0.2, 0.25) is 10.0 Å². The molecule has 3 heterocycles. The van der Waals surface area contributed by atoms with Gasteiger partial charge >= 0.3 is 0 Å². The number of sulfonamides is 1. The van der Waals surface area contributed by atoms with Crippen molar-refractivity contribution in [2.75, 3.05) is 13.1 Å². The zero-order valence-corrected chi connectivity index (χ0v) is 17.7. The topological polar surface area (TPSA) is 71.0 Å². The van der Waals surface area contributed by atoms with Crippen LogP contribution in [0.15, 0.2) is 72.0 Å². The normalized spacial score (nSPS) is 16.2. The molecule has 1 fully saturated rings. The van der Waals surface area contributed by atoms with Crippen LogP contribution < -0.4 is 0 Å². The molecule has 31 heavy (non-hydrogen) atoms. The summed E-state index contributed by atoms with van der Waals surface area (Å²) in [4.78, 5) is 0.0239. The zero-order chi connectivity index (χ0) is 21.4. The van der Waals surface area contributed by atoms with Gasteiger partial charge in [0, 0.05) is 48.5 Å². The van der Waals surface area contributed by atoms with E-state index in [9.17, 15) is 12.8 Å². The van der Waals surface area contributed by atoms with Crippen molar-refractivity contribution in [2.45, 2.75) is 24.3 Å². The third-order valence-corrected chi connectivity index (χ3v) is 7.96. The van der Waals surface area contributed by atoms with Crippen LogP contribution in [0.3, 0.4) is 0 Å². The Morgan fingerprint density at radius 3 is 2.65 bits per heavy atom. The van der Waals surface area contributed by atoms with Crippen LogP contribution in [0.1, 0.15) is 12.8 Å². The van der Waals surface area contributed by atoms with Gasteiger partial charge in [-0.05, 0) is 60.7 Å². The lowest BCUT2D eigenvalue weighted by Crippen LogP contribution is -2.39. The molecule has 5 rings (SSSR count). The molecule has 4 aromatic rings. The Labute approximate surface area is 180 Å². The van der Waals surface area contributed by atoms with Crippen LogP contribution in [0.2, 0.25) is 0 Å². The summed E-state index contributed by atoms with van der Waals surface area (Å²) in [5.41, 5.74) is 3.35. The van der Waals surface area contributed by atoms with E-state index >= 15 is 0 Å². The predicted octanol–water partition coefficient (Wildman–Crippen LogP) is 4.27. The Bertz CT molecular complexity index is 1310. The minimum Gasteiger partial charge on any atom is -0.347 e. The van der Waals surface area contributed by atoms with Crippen LogP contribution in [-0.4, -0.2) is 40.6 Å². The molecule has 6 nitrogen and oxygen atoms in total. The van der Waals surface area contributed by atoms with Gasteiger partial charge in [-0.3, -0.25) is 5.10 Å². The van der Waals surface area contributed by atoms with Crippen LogP contribution in [0.5, 0.6) is 0 Å². The van der Waals surface area contributed by atoms with E-state index in [2.05, 4.69) is 45.2 Å². The fourth-order valence-electron chi connectivity index (χ4n) is 4.33. The van der Waals surface area contributed by atoms with E-state index in [1.165, 1.54) is 33.4 Å². The van der Waals surface area contributed by atoms with Crippen molar-refractivity contribution in [1.82, 2.24) is 19.1 Å². The van der Waals surface area contributed by atoms with Crippen molar-refractivity contribution in [1.29, 1.82) is 0 Å². The molecule has 0 saturated carbocycles. The van der Waals surface area contributed by atoms with E-state index in [0.717, 1.165) is 36.6 Å². The summed E-state index contributed by atoms with van der Waals surface area (Å²) in [5.74, 6) is -0.144. The van der Waals surface area contributed by atoms with Crippen molar-refractivity contribution in [2.24, 2.45) is 5.92 Å². The second-order valence-corrected chi connectivity index (χ2v) is 9.97. The van der Waals surface area contributed by atoms with Crippen LogP contribution >= 0.6 is 0 Å². The maximum absolute atomic E-state index is 13.5. The Kier molecular flexibility index (Phi) is 5.11. The second-order valence-electron chi connectivity index (χ2n) is 8.03. The number of hydrogen-bond acceptors (Lipinski definition) is 3. The number of H-pyrrole nitrogens is 1. The Morgan fingerprint density at radius 2 is 1.90 bits per heavy atom. The molecule has 0 unspecified atom stereocenters. The minimum atomic E-state index is -3.65. The number of nitrogens with zero attached hydrogens (tertiary/aromatic N) is 3. The van der Waals surface area contributed by atoms with Crippen molar-refractivity contribution < 1.29 is 12.8 Å². The van der Waals surface area contributed by atoms with E-state index in [1.807, 2.05) is 12.4 Å². The summed E-state index contributed by atoms with van der Waals surface area (Å²) in [7, 11) is -3.65. The van der Waals surface area contributed by atoms with Crippen molar-refractivity contribution in [3.8, 4) is 11.1 Å². The van der Waals surface area contributed by atoms with Gasteiger partial charge < -0.3 is 4.57 Å². The number of fused-ring (bicyclic) bond motifs is 1. The van der Waals surface area contributed by atoms with E-state index < -0.39 is 15.8 Å². The lowest BCUT2D eigenvalue weighted by atomic mass is 9.98. The summed E-state index contributed by atoms with van der Waals surface area (Å²) < 4.78 is 42.8. The molecule has 160 valence electrons. The van der Waals surface area contributed by atoms with Gasteiger partial charge in [0.1, 0.15) is 5.82 Å². The number of aromatic amines is 1. The summed E-state index contributed by atoms with van der Waals surface area (Å²) in [5, 5.41) is 8.03. The number of aromatic nitrogens is 3. The molecule has 1 N–H and O–H groups in total. The third kappa shape index (κ3) is 3.88. The first kappa shape index (κ1) is 20.0. The molecule has 2 aromatic heterocycles. The van der Waals surface area contributed by atoms with E-state index in [1.54, 1.807) is 0 Å². The van der Waals surface area contributed by atoms with Gasteiger partial charge in [-0.25, -0.2) is 12.8 Å². The fourth-order valence-corrected chi connectivity index (χ4v) is 5.84. The second kappa shape index (κ2) is 7.94. The lowest BCUT2D eigenvalue weighted by molar-refractivity contribution is 0.254.